The van der Waals surface area contributed by atoms with E-state index in [1.807, 2.05) is 6.07 Å². The summed E-state index contributed by atoms with van der Waals surface area (Å²) in [6, 6.07) is 8.92. The largest absolute Gasteiger partial charge is 0.397 e. The van der Waals surface area contributed by atoms with E-state index in [9.17, 15) is 28.5 Å². The van der Waals surface area contributed by atoms with Crippen molar-refractivity contribution in [1.82, 2.24) is 5.32 Å². The summed E-state index contributed by atoms with van der Waals surface area (Å²) in [5, 5.41) is 42.5. The molecule has 0 saturated carbocycles. The first-order chi connectivity index (χ1) is 15.2. The molecule has 170 valence electrons. The highest BCUT2D eigenvalue weighted by molar-refractivity contribution is 7.99. The number of nitriles is 1. The van der Waals surface area contributed by atoms with Crippen molar-refractivity contribution in [2.24, 2.45) is 5.73 Å². The van der Waals surface area contributed by atoms with Crippen molar-refractivity contribution >= 4 is 17.5 Å². The maximum Gasteiger partial charge on any atom is 0.194 e. The number of thioether (sulfide) groups is 1. The Morgan fingerprint density at radius 3 is 2.50 bits per heavy atom. The lowest BCUT2D eigenvalue weighted by Crippen LogP contribution is -2.62. The molecular formula is C21H20F3N3O4S. The second-order valence-electron chi connectivity index (χ2n) is 7.01. The molecule has 7 nitrogen and oxygen atoms in total. The number of ether oxygens (including phenoxy) is 1. The van der Waals surface area contributed by atoms with E-state index in [4.69, 9.17) is 15.7 Å². The topological polar surface area (TPSA) is 132 Å². The van der Waals surface area contributed by atoms with E-state index in [2.05, 4.69) is 5.32 Å². The molecule has 5 unspecified atom stereocenters. The van der Waals surface area contributed by atoms with Crippen LogP contribution in [0.1, 0.15) is 11.1 Å². The van der Waals surface area contributed by atoms with Crippen molar-refractivity contribution in [3.8, 4) is 6.07 Å². The third kappa shape index (κ3) is 5.17. The molecule has 0 radical (unpaired) electrons. The Morgan fingerprint density at radius 2 is 1.88 bits per heavy atom. The van der Waals surface area contributed by atoms with Gasteiger partial charge in [-0.3, -0.25) is 0 Å². The highest BCUT2D eigenvalue weighted by Gasteiger charge is 2.44. The van der Waals surface area contributed by atoms with Gasteiger partial charge in [0.15, 0.2) is 17.5 Å². The monoisotopic (exact) mass is 467 g/mol. The Kier molecular flexibility index (Phi) is 7.65. The number of aliphatic hydroxyl groups is 3. The van der Waals surface area contributed by atoms with Gasteiger partial charge < -0.3 is 31.1 Å². The van der Waals surface area contributed by atoms with Crippen LogP contribution in [0.25, 0.3) is 5.70 Å². The van der Waals surface area contributed by atoms with Gasteiger partial charge in [-0.05, 0) is 30.3 Å². The van der Waals surface area contributed by atoms with Crippen LogP contribution in [-0.2, 0) is 4.74 Å². The second kappa shape index (κ2) is 10.2. The summed E-state index contributed by atoms with van der Waals surface area (Å²) >= 11 is 1.08. The molecule has 1 aliphatic heterocycles. The molecule has 5 atom stereocenters. The van der Waals surface area contributed by atoms with E-state index < -0.39 is 53.8 Å². The zero-order chi connectivity index (χ0) is 23.4. The average molecular weight is 467 g/mol. The van der Waals surface area contributed by atoms with E-state index in [-0.39, 0.29) is 11.3 Å². The van der Waals surface area contributed by atoms with E-state index in [0.29, 0.717) is 22.6 Å². The number of nitrogens with zero attached hydrogens (tertiary/aromatic N) is 1. The van der Waals surface area contributed by atoms with Crippen LogP contribution < -0.4 is 11.1 Å². The molecule has 2 aromatic carbocycles. The van der Waals surface area contributed by atoms with E-state index >= 15 is 0 Å². The minimum atomic E-state index is -1.63. The summed E-state index contributed by atoms with van der Waals surface area (Å²) in [4.78, 5) is 0.618. The number of nitrogens with two attached hydrogens (primary N) is 1. The van der Waals surface area contributed by atoms with Crippen molar-refractivity contribution in [1.29, 1.82) is 5.26 Å². The second-order valence-corrected chi connectivity index (χ2v) is 8.18. The highest BCUT2D eigenvalue weighted by atomic mass is 32.2. The Labute approximate surface area is 185 Å². The number of aliphatic hydroxyl groups excluding tert-OH is 3. The number of halogens is 3. The third-order valence-electron chi connectivity index (χ3n) is 4.85. The van der Waals surface area contributed by atoms with Crippen LogP contribution in [0, 0.1) is 28.8 Å². The van der Waals surface area contributed by atoms with Gasteiger partial charge in [0.25, 0.3) is 0 Å². The van der Waals surface area contributed by atoms with E-state index in [0.717, 1.165) is 18.0 Å². The lowest BCUT2D eigenvalue weighted by Gasteiger charge is -2.42. The Bertz CT molecular complexity index is 1030. The lowest BCUT2D eigenvalue weighted by atomic mass is 9.97. The fraction of sp³-hybridized carbons (Fsp3) is 0.286. The number of hydrogen-bond donors (Lipinski definition) is 5. The van der Waals surface area contributed by atoms with Crippen molar-refractivity contribution in [3.05, 3.63) is 71.2 Å². The van der Waals surface area contributed by atoms with Gasteiger partial charge in [-0.1, -0.05) is 17.8 Å². The van der Waals surface area contributed by atoms with Crippen LogP contribution in [0.2, 0.25) is 0 Å². The summed E-state index contributed by atoms with van der Waals surface area (Å²) in [6.45, 7) is -0.547. The molecule has 0 aromatic heterocycles. The van der Waals surface area contributed by atoms with Crippen LogP contribution in [0.4, 0.5) is 13.2 Å². The zero-order valence-electron chi connectivity index (χ0n) is 16.5. The van der Waals surface area contributed by atoms with E-state index in [1.165, 1.54) is 0 Å². The summed E-state index contributed by atoms with van der Waals surface area (Å²) in [6.07, 6.45) is -2.61. The quantitative estimate of drug-likeness (QED) is 0.403. The molecule has 1 fully saturated rings. The van der Waals surface area contributed by atoms with Gasteiger partial charge in [0.05, 0.1) is 30.0 Å². The van der Waals surface area contributed by atoms with Crippen LogP contribution in [0.15, 0.2) is 47.5 Å². The van der Waals surface area contributed by atoms with Gasteiger partial charge >= 0.3 is 0 Å². The summed E-state index contributed by atoms with van der Waals surface area (Å²) in [7, 11) is 0. The molecule has 32 heavy (non-hydrogen) atoms. The van der Waals surface area contributed by atoms with Crippen molar-refractivity contribution in [3.63, 3.8) is 0 Å². The molecule has 2 aromatic rings. The summed E-state index contributed by atoms with van der Waals surface area (Å²) in [5.41, 5.74) is 4.95. The normalized spacial score (nSPS) is 25.9. The first-order valence-electron chi connectivity index (χ1n) is 9.41. The molecule has 0 aliphatic carbocycles. The molecule has 1 aliphatic rings. The minimum Gasteiger partial charge on any atom is -0.397 e. The number of rotatable bonds is 6. The summed E-state index contributed by atoms with van der Waals surface area (Å²) < 4.78 is 45.7. The fourth-order valence-corrected chi connectivity index (χ4v) is 4.27. The third-order valence-corrected chi connectivity index (χ3v) is 6.00. The highest BCUT2D eigenvalue weighted by Crippen LogP contribution is 2.33. The van der Waals surface area contributed by atoms with Gasteiger partial charge in [-0.2, -0.15) is 5.26 Å². The average Bonchev–Trinajstić information content (AvgIpc) is 2.78. The first-order valence-corrected chi connectivity index (χ1v) is 10.3. The standard InChI is InChI=1S/C21H20F3N3O4S/c22-13-5-11(6-14(23)17(13)24)15(26)8-27-18-19(29)16(9-28)31-21(20(18)30)32-12-3-1-2-10(4-12)7-25/h1-6,8,16,18-21,27-30H,9,26H2/b15-8-. The molecule has 3 rings (SSSR count). The predicted molar refractivity (Wildman–Crippen MR) is 110 cm³/mol. The zero-order valence-corrected chi connectivity index (χ0v) is 17.3. The smallest absolute Gasteiger partial charge is 0.194 e. The molecule has 11 heteroatoms. The lowest BCUT2D eigenvalue weighted by molar-refractivity contribution is -0.164. The molecule has 6 N–H and O–H groups in total. The van der Waals surface area contributed by atoms with Gasteiger partial charge in [0.1, 0.15) is 23.7 Å². The molecule has 1 heterocycles. The fourth-order valence-electron chi connectivity index (χ4n) is 3.15. The van der Waals surface area contributed by atoms with Crippen molar-refractivity contribution in [2.45, 2.75) is 34.7 Å². The van der Waals surface area contributed by atoms with Gasteiger partial charge in [-0.25, -0.2) is 13.2 Å². The minimum absolute atomic E-state index is 0.150. The molecular weight excluding hydrogens is 447 g/mol. The Morgan fingerprint density at radius 1 is 1.19 bits per heavy atom. The first kappa shape index (κ1) is 23.9. The molecule has 0 amide bonds. The van der Waals surface area contributed by atoms with Crippen molar-refractivity contribution < 1.29 is 33.2 Å². The van der Waals surface area contributed by atoms with Crippen molar-refractivity contribution in [2.75, 3.05) is 6.61 Å². The van der Waals surface area contributed by atoms with Crippen LogP contribution in [0.3, 0.4) is 0 Å². The maximum absolute atomic E-state index is 13.5. The van der Waals surface area contributed by atoms with Crippen LogP contribution in [0.5, 0.6) is 0 Å². The Hall–Kier alpha value is -2.75. The van der Waals surface area contributed by atoms with Gasteiger partial charge in [0, 0.05) is 16.7 Å². The SMILES string of the molecule is N#Cc1cccc(SC2OC(CO)C(O)C(N/C=C(\N)c3cc(F)c(F)c(F)c3)C2O)c1. The number of nitrogens with one attached hydrogen (secondary N) is 1. The predicted octanol–water partition coefficient (Wildman–Crippen LogP) is 1.42. The molecule has 1 saturated heterocycles. The summed E-state index contributed by atoms with van der Waals surface area (Å²) in [5.74, 6) is -4.46. The number of benzene rings is 2. The van der Waals surface area contributed by atoms with Crippen LogP contribution in [-0.4, -0.2) is 51.7 Å². The van der Waals surface area contributed by atoms with Crippen LogP contribution >= 0.6 is 11.8 Å². The van der Waals surface area contributed by atoms with Gasteiger partial charge in [0.2, 0.25) is 0 Å². The van der Waals surface area contributed by atoms with E-state index in [1.54, 1.807) is 24.3 Å². The molecule has 0 spiro atoms. The number of hydrogen-bond acceptors (Lipinski definition) is 8. The maximum atomic E-state index is 13.5. The molecule has 0 bridgehead atoms. The Balaban J connectivity index is 1.80. The van der Waals surface area contributed by atoms with Gasteiger partial charge in [-0.15, -0.1) is 0 Å².